The highest BCUT2D eigenvalue weighted by molar-refractivity contribution is 5.27. The third kappa shape index (κ3) is 1.65. The van der Waals surface area contributed by atoms with Gasteiger partial charge in [0.25, 0.3) is 0 Å². The molecule has 2 aliphatic rings. The second-order valence-corrected chi connectivity index (χ2v) is 5.41. The standard InChI is InChI=1S/C14H19NO/c1-9-8-12(9)14(16)11-6-2-4-10-5-3-7-15-13(10)11/h3,5,7,9,11-12,14,16H,2,4,6,8H2,1H3. The summed E-state index contributed by atoms with van der Waals surface area (Å²) in [5.41, 5.74) is 2.52. The second kappa shape index (κ2) is 3.85. The zero-order valence-corrected chi connectivity index (χ0v) is 9.76. The van der Waals surface area contributed by atoms with Crippen LogP contribution >= 0.6 is 0 Å². The molecular weight excluding hydrogens is 198 g/mol. The minimum Gasteiger partial charge on any atom is -0.392 e. The van der Waals surface area contributed by atoms with Crippen molar-refractivity contribution < 1.29 is 5.11 Å². The molecule has 16 heavy (non-hydrogen) atoms. The smallest absolute Gasteiger partial charge is 0.0654 e. The number of rotatable bonds is 2. The highest BCUT2D eigenvalue weighted by Crippen LogP contribution is 2.47. The average molecular weight is 217 g/mol. The fourth-order valence-corrected chi connectivity index (χ4v) is 3.10. The first-order valence-corrected chi connectivity index (χ1v) is 6.39. The van der Waals surface area contributed by atoms with Gasteiger partial charge in [-0.25, -0.2) is 0 Å². The third-order valence-corrected chi connectivity index (χ3v) is 4.26. The van der Waals surface area contributed by atoms with Crippen LogP contribution in [0.3, 0.4) is 0 Å². The summed E-state index contributed by atoms with van der Waals surface area (Å²) in [7, 11) is 0. The van der Waals surface area contributed by atoms with Gasteiger partial charge in [0.2, 0.25) is 0 Å². The Hall–Kier alpha value is -0.890. The van der Waals surface area contributed by atoms with Gasteiger partial charge in [-0.15, -0.1) is 0 Å². The lowest BCUT2D eigenvalue weighted by Crippen LogP contribution is -2.26. The summed E-state index contributed by atoms with van der Waals surface area (Å²) < 4.78 is 0. The molecule has 1 fully saturated rings. The van der Waals surface area contributed by atoms with Gasteiger partial charge >= 0.3 is 0 Å². The monoisotopic (exact) mass is 217 g/mol. The summed E-state index contributed by atoms with van der Waals surface area (Å²) in [6, 6.07) is 4.17. The van der Waals surface area contributed by atoms with Crippen LogP contribution in [-0.4, -0.2) is 16.2 Å². The van der Waals surface area contributed by atoms with E-state index in [1.807, 2.05) is 12.3 Å². The number of aromatic nitrogens is 1. The van der Waals surface area contributed by atoms with E-state index in [2.05, 4.69) is 18.0 Å². The van der Waals surface area contributed by atoms with Crippen molar-refractivity contribution in [1.29, 1.82) is 0 Å². The maximum absolute atomic E-state index is 10.4. The largest absolute Gasteiger partial charge is 0.392 e. The number of aryl methyl sites for hydroxylation is 1. The maximum atomic E-state index is 10.4. The van der Waals surface area contributed by atoms with E-state index in [0.717, 1.165) is 12.8 Å². The Morgan fingerprint density at radius 3 is 3.06 bits per heavy atom. The summed E-state index contributed by atoms with van der Waals surface area (Å²) in [4.78, 5) is 4.50. The van der Waals surface area contributed by atoms with Crippen LogP contribution in [-0.2, 0) is 6.42 Å². The number of pyridine rings is 1. The van der Waals surface area contributed by atoms with Crippen LogP contribution in [0.2, 0.25) is 0 Å². The molecule has 2 aliphatic carbocycles. The molecule has 1 aromatic rings. The Morgan fingerprint density at radius 1 is 1.50 bits per heavy atom. The van der Waals surface area contributed by atoms with Crippen LogP contribution in [0.4, 0.5) is 0 Å². The average Bonchev–Trinajstić information content (AvgIpc) is 3.05. The van der Waals surface area contributed by atoms with Crippen LogP contribution in [0.15, 0.2) is 18.3 Å². The molecule has 4 unspecified atom stereocenters. The van der Waals surface area contributed by atoms with Crippen LogP contribution in [0.1, 0.15) is 43.4 Å². The lowest BCUT2D eigenvalue weighted by molar-refractivity contribution is 0.106. The van der Waals surface area contributed by atoms with Crippen molar-refractivity contribution >= 4 is 0 Å². The van der Waals surface area contributed by atoms with Crippen molar-refractivity contribution in [3.8, 4) is 0 Å². The summed E-state index contributed by atoms with van der Waals surface area (Å²) in [5, 5.41) is 10.4. The number of aliphatic hydroxyl groups is 1. The van der Waals surface area contributed by atoms with E-state index in [4.69, 9.17) is 0 Å². The maximum Gasteiger partial charge on any atom is 0.0654 e. The van der Waals surface area contributed by atoms with Gasteiger partial charge in [0.05, 0.1) is 6.10 Å². The Balaban J connectivity index is 1.86. The molecule has 0 spiro atoms. The van der Waals surface area contributed by atoms with Gasteiger partial charge in [0.1, 0.15) is 0 Å². The van der Waals surface area contributed by atoms with Crippen molar-refractivity contribution in [2.45, 2.75) is 44.6 Å². The molecule has 0 aliphatic heterocycles. The third-order valence-electron chi connectivity index (χ3n) is 4.26. The molecule has 4 atom stereocenters. The molecule has 86 valence electrons. The van der Waals surface area contributed by atoms with E-state index in [1.54, 1.807) is 0 Å². The molecule has 0 radical (unpaired) electrons. The second-order valence-electron chi connectivity index (χ2n) is 5.41. The number of hydrogen-bond acceptors (Lipinski definition) is 2. The molecule has 1 heterocycles. The molecule has 2 heteroatoms. The van der Waals surface area contributed by atoms with Crippen molar-refractivity contribution in [1.82, 2.24) is 4.98 Å². The molecule has 0 amide bonds. The number of hydrogen-bond donors (Lipinski definition) is 1. The zero-order chi connectivity index (χ0) is 11.1. The number of aliphatic hydroxyl groups excluding tert-OH is 1. The van der Waals surface area contributed by atoms with E-state index in [-0.39, 0.29) is 6.10 Å². The van der Waals surface area contributed by atoms with Crippen LogP contribution in [0, 0.1) is 11.8 Å². The predicted octanol–water partition coefficient (Wildman–Crippen LogP) is 2.52. The van der Waals surface area contributed by atoms with Gasteiger partial charge in [-0.2, -0.15) is 0 Å². The topological polar surface area (TPSA) is 33.1 Å². The minimum atomic E-state index is -0.163. The molecule has 1 aromatic heterocycles. The Kier molecular flexibility index (Phi) is 2.47. The van der Waals surface area contributed by atoms with Crippen molar-refractivity contribution in [3.05, 3.63) is 29.6 Å². The lowest BCUT2D eigenvalue weighted by Gasteiger charge is -2.28. The van der Waals surface area contributed by atoms with Gasteiger partial charge in [-0.05, 0) is 49.1 Å². The molecule has 1 N–H and O–H groups in total. The van der Waals surface area contributed by atoms with Crippen molar-refractivity contribution in [2.24, 2.45) is 11.8 Å². The molecule has 1 saturated carbocycles. The Bertz CT molecular complexity index is 390. The molecule has 0 aromatic carbocycles. The molecule has 0 bridgehead atoms. The van der Waals surface area contributed by atoms with Crippen LogP contribution in [0.25, 0.3) is 0 Å². The summed E-state index contributed by atoms with van der Waals surface area (Å²) in [6.07, 6.45) is 6.33. The number of nitrogens with zero attached hydrogens (tertiary/aromatic N) is 1. The van der Waals surface area contributed by atoms with E-state index in [9.17, 15) is 5.11 Å². The summed E-state index contributed by atoms with van der Waals surface area (Å²) in [5.74, 6) is 1.53. The van der Waals surface area contributed by atoms with Crippen molar-refractivity contribution in [2.75, 3.05) is 0 Å². The first-order valence-electron chi connectivity index (χ1n) is 6.39. The van der Waals surface area contributed by atoms with E-state index >= 15 is 0 Å². The highest BCUT2D eigenvalue weighted by atomic mass is 16.3. The zero-order valence-electron chi connectivity index (χ0n) is 9.76. The Morgan fingerprint density at radius 2 is 2.31 bits per heavy atom. The fourth-order valence-electron chi connectivity index (χ4n) is 3.10. The van der Waals surface area contributed by atoms with E-state index in [1.165, 1.54) is 24.1 Å². The fraction of sp³-hybridized carbons (Fsp3) is 0.643. The number of fused-ring (bicyclic) bond motifs is 1. The molecule has 3 rings (SSSR count). The SMILES string of the molecule is CC1CC1C(O)C1CCCc2cccnc21. The molecular formula is C14H19NO. The van der Waals surface area contributed by atoms with E-state index < -0.39 is 0 Å². The van der Waals surface area contributed by atoms with Gasteiger partial charge in [0, 0.05) is 17.8 Å². The quantitative estimate of drug-likeness (QED) is 0.825. The minimum absolute atomic E-state index is 0.163. The lowest BCUT2D eigenvalue weighted by atomic mass is 9.81. The van der Waals surface area contributed by atoms with Crippen molar-refractivity contribution in [3.63, 3.8) is 0 Å². The summed E-state index contributed by atoms with van der Waals surface area (Å²) >= 11 is 0. The first kappa shape index (κ1) is 10.3. The highest BCUT2D eigenvalue weighted by Gasteiger charge is 2.43. The Labute approximate surface area is 96.7 Å². The molecule has 2 nitrogen and oxygen atoms in total. The summed E-state index contributed by atoms with van der Waals surface area (Å²) in [6.45, 7) is 2.23. The van der Waals surface area contributed by atoms with Crippen LogP contribution in [0.5, 0.6) is 0 Å². The van der Waals surface area contributed by atoms with Gasteiger partial charge in [-0.3, -0.25) is 4.98 Å². The first-order chi connectivity index (χ1) is 7.77. The van der Waals surface area contributed by atoms with Gasteiger partial charge in [-0.1, -0.05) is 13.0 Å². The predicted molar refractivity (Wildman–Crippen MR) is 63.2 cm³/mol. The van der Waals surface area contributed by atoms with Gasteiger partial charge in [0.15, 0.2) is 0 Å². The van der Waals surface area contributed by atoms with Gasteiger partial charge < -0.3 is 5.11 Å². The molecule has 0 saturated heterocycles. The normalized spacial score (nSPS) is 34.2. The van der Waals surface area contributed by atoms with E-state index in [0.29, 0.717) is 17.8 Å². The van der Waals surface area contributed by atoms with Crippen LogP contribution < -0.4 is 0 Å².